The quantitative estimate of drug-likeness (QED) is 0.368. The van der Waals surface area contributed by atoms with Crippen LogP contribution in [0.25, 0.3) is 22.3 Å². The molecule has 1 aliphatic rings. The first-order chi connectivity index (χ1) is 15.5. The minimum absolute atomic E-state index is 0.00381. The number of rotatable bonds is 3. The van der Waals surface area contributed by atoms with Crippen molar-refractivity contribution >= 4 is 16.9 Å². The van der Waals surface area contributed by atoms with Crippen molar-refractivity contribution in [3.05, 3.63) is 82.0 Å². The lowest BCUT2D eigenvalue weighted by Crippen LogP contribution is -2.22. The highest BCUT2D eigenvalue weighted by Crippen LogP contribution is 2.46. The maximum absolute atomic E-state index is 12.9. The Balaban J connectivity index is 1.81. The number of methoxy groups -OCH3 is 1. The van der Waals surface area contributed by atoms with Gasteiger partial charge in [-0.1, -0.05) is 36.4 Å². The van der Waals surface area contributed by atoms with Crippen molar-refractivity contribution in [3.8, 4) is 34.3 Å². The van der Waals surface area contributed by atoms with E-state index in [0.29, 0.717) is 28.2 Å². The molecule has 1 aliphatic heterocycles. The maximum atomic E-state index is 12.9. The molecule has 7 heteroatoms. The zero-order valence-corrected chi connectivity index (χ0v) is 17.0. The molecule has 0 bridgehead atoms. The number of hydrogen-bond donors (Lipinski definition) is 2. The average Bonchev–Trinajstić information content (AvgIpc) is 2.78. The minimum Gasteiger partial charge on any atom is -0.507 e. The summed E-state index contributed by atoms with van der Waals surface area (Å²) in [5, 5.41) is 20.8. The molecule has 1 atom stereocenters. The van der Waals surface area contributed by atoms with Crippen LogP contribution in [0.1, 0.15) is 23.5 Å². The maximum Gasteiger partial charge on any atom is 0.312 e. The van der Waals surface area contributed by atoms with Gasteiger partial charge in [0.25, 0.3) is 0 Å². The molecule has 5 rings (SSSR count). The van der Waals surface area contributed by atoms with Crippen LogP contribution in [-0.4, -0.2) is 23.3 Å². The zero-order valence-electron chi connectivity index (χ0n) is 17.0. The van der Waals surface area contributed by atoms with Gasteiger partial charge >= 0.3 is 5.97 Å². The van der Waals surface area contributed by atoms with E-state index in [0.717, 1.165) is 0 Å². The van der Waals surface area contributed by atoms with Crippen LogP contribution < -0.4 is 14.9 Å². The van der Waals surface area contributed by atoms with Crippen molar-refractivity contribution in [2.24, 2.45) is 0 Å². The van der Waals surface area contributed by atoms with E-state index in [2.05, 4.69) is 0 Å². The number of carbonyl (C=O) groups excluding carboxylic acids is 1. The van der Waals surface area contributed by atoms with Crippen molar-refractivity contribution in [3.63, 3.8) is 0 Å². The Labute approximate surface area is 182 Å². The average molecular weight is 430 g/mol. The molecule has 7 nitrogen and oxygen atoms in total. The van der Waals surface area contributed by atoms with Crippen molar-refractivity contribution in [2.45, 2.75) is 12.3 Å². The van der Waals surface area contributed by atoms with E-state index in [1.54, 1.807) is 24.3 Å². The van der Waals surface area contributed by atoms with E-state index in [4.69, 9.17) is 13.9 Å². The Morgan fingerprint density at radius 2 is 1.75 bits per heavy atom. The number of hydrogen-bond acceptors (Lipinski definition) is 7. The van der Waals surface area contributed by atoms with E-state index in [-0.39, 0.29) is 34.6 Å². The van der Waals surface area contributed by atoms with Crippen LogP contribution in [0, 0.1) is 0 Å². The Hall–Kier alpha value is -4.26. The highest BCUT2D eigenvalue weighted by molar-refractivity contribution is 5.93. The first-order valence-corrected chi connectivity index (χ1v) is 9.93. The summed E-state index contributed by atoms with van der Waals surface area (Å²) in [4.78, 5) is 25.3. The second-order valence-corrected chi connectivity index (χ2v) is 7.51. The minimum atomic E-state index is -0.569. The molecule has 1 unspecified atom stereocenters. The Kier molecular flexibility index (Phi) is 4.59. The van der Waals surface area contributed by atoms with E-state index in [9.17, 15) is 19.8 Å². The van der Waals surface area contributed by atoms with Crippen molar-refractivity contribution in [1.29, 1.82) is 0 Å². The van der Waals surface area contributed by atoms with E-state index >= 15 is 0 Å². The van der Waals surface area contributed by atoms with Gasteiger partial charge in [-0.05, 0) is 17.7 Å². The van der Waals surface area contributed by atoms with Gasteiger partial charge in [0.15, 0.2) is 16.9 Å². The largest absolute Gasteiger partial charge is 0.507 e. The van der Waals surface area contributed by atoms with Crippen LogP contribution in [0.3, 0.4) is 0 Å². The number of phenols is 2. The van der Waals surface area contributed by atoms with Gasteiger partial charge in [0.2, 0.25) is 0 Å². The summed E-state index contributed by atoms with van der Waals surface area (Å²) in [6, 6.07) is 16.5. The van der Waals surface area contributed by atoms with Crippen LogP contribution in [0.15, 0.2) is 69.9 Å². The molecule has 0 amide bonds. The Morgan fingerprint density at radius 3 is 2.47 bits per heavy atom. The number of ether oxygens (including phenoxy) is 2. The third-order valence-electron chi connectivity index (χ3n) is 5.59. The summed E-state index contributed by atoms with van der Waals surface area (Å²) in [7, 11) is 1.44. The monoisotopic (exact) mass is 430 g/mol. The molecule has 0 saturated heterocycles. The molecule has 0 fully saturated rings. The highest BCUT2D eigenvalue weighted by Gasteiger charge is 2.34. The second kappa shape index (κ2) is 7.46. The summed E-state index contributed by atoms with van der Waals surface area (Å²) in [6.45, 7) is 0. The SMILES string of the molecule is COc1ccc(C2CC(=O)Oc3cc(O)c4c(=O)cc(-c5ccccc5)oc4c32)cc1O. The summed E-state index contributed by atoms with van der Waals surface area (Å²) in [5.74, 6) is -0.763. The molecule has 0 aliphatic carbocycles. The summed E-state index contributed by atoms with van der Waals surface area (Å²) in [6.07, 6.45) is -0.0298. The number of phenolic OH excluding ortho intramolecular Hbond substituents is 2. The van der Waals surface area contributed by atoms with Gasteiger partial charge in [0.1, 0.15) is 28.2 Å². The molecular weight excluding hydrogens is 412 g/mol. The predicted molar refractivity (Wildman–Crippen MR) is 116 cm³/mol. The van der Waals surface area contributed by atoms with E-state index < -0.39 is 17.3 Å². The number of benzene rings is 3. The lowest BCUT2D eigenvalue weighted by atomic mass is 9.85. The predicted octanol–water partition coefficient (Wildman–Crippen LogP) is 4.32. The van der Waals surface area contributed by atoms with Crippen molar-refractivity contribution < 1.29 is 28.9 Å². The van der Waals surface area contributed by atoms with Gasteiger partial charge in [0.05, 0.1) is 13.5 Å². The number of fused-ring (bicyclic) bond motifs is 3. The van der Waals surface area contributed by atoms with Gasteiger partial charge in [-0.3, -0.25) is 9.59 Å². The van der Waals surface area contributed by atoms with Crippen molar-refractivity contribution in [2.75, 3.05) is 7.11 Å². The smallest absolute Gasteiger partial charge is 0.312 e. The van der Waals surface area contributed by atoms with Gasteiger partial charge in [-0.2, -0.15) is 0 Å². The number of carbonyl (C=O) groups is 1. The van der Waals surface area contributed by atoms with Crippen LogP contribution in [-0.2, 0) is 4.79 Å². The third-order valence-corrected chi connectivity index (χ3v) is 5.59. The van der Waals surface area contributed by atoms with Gasteiger partial charge in [0, 0.05) is 29.2 Å². The molecule has 1 aromatic heterocycles. The lowest BCUT2D eigenvalue weighted by molar-refractivity contribution is -0.135. The van der Waals surface area contributed by atoms with Crippen LogP contribution in [0.4, 0.5) is 0 Å². The highest BCUT2D eigenvalue weighted by atomic mass is 16.5. The fraction of sp³-hybridized carbons (Fsp3) is 0.120. The van der Waals surface area contributed by atoms with Crippen molar-refractivity contribution in [1.82, 2.24) is 0 Å². The molecule has 0 spiro atoms. The molecule has 32 heavy (non-hydrogen) atoms. The number of esters is 1. The van der Waals surface area contributed by atoms with Gasteiger partial charge in [-0.15, -0.1) is 0 Å². The molecule has 2 heterocycles. The van der Waals surface area contributed by atoms with Crippen LogP contribution in [0.5, 0.6) is 23.0 Å². The lowest BCUT2D eigenvalue weighted by Gasteiger charge is -2.26. The summed E-state index contributed by atoms with van der Waals surface area (Å²) >= 11 is 0. The molecule has 2 N–H and O–H groups in total. The molecule has 0 saturated carbocycles. The van der Waals surface area contributed by atoms with Gasteiger partial charge in [-0.25, -0.2) is 0 Å². The standard InChI is InChI=1S/C25H18O7/c1-30-19-8-7-14(9-16(19)26)15-10-22(29)31-21-12-18(28)24-17(27)11-20(32-25(24)23(15)21)13-5-3-2-4-6-13/h2-9,11-12,15,26,28H,10H2,1H3. The first kappa shape index (κ1) is 19.7. The second-order valence-electron chi connectivity index (χ2n) is 7.51. The van der Waals surface area contributed by atoms with Crippen LogP contribution in [0.2, 0.25) is 0 Å². The van der Waals surface area contributed by atoms with E-state index in [1.165, 1.54) is 25.3 Å². The normalized spacial score (nSPS) is 15.3. The first-order valence-electron chi connectivity index (χ1n) is 9.93. The Bertz CT molecular complexity index is 1420. The van der Waals surface area contributed by atoms with Crippen LogP contribution >= 0.6 is 0 Å². The fourth-order valence-electron chi connectivity index (χ4n) is 4.11. The summed E-state index contributed by atoms with van der Waals surface area (Å²) < 4.78 is 16.6. The third kappa shape index (κ3) is 3.15. The van der Waals surface area contributed by atoms with E-state index in [1.807, 2.05) is 18.2 Å². The topological polar surface area (TPSA) is 106 Å². The molecule has 160 valence electrons. The Morgan fingerprint density at radius 1 is 0.969 bits per heavy atom. The fourth-order valence-corrected chi connectivity index (χ4v) is 4.11. The molecule has 0 radical (unpaired) electrons. The number of aromatic hydroxyl groups is 2. The molecule has 3 aromatic carbocycles. The summed E-state index contributed by atoms with van der Waals surface area (Å²) in [5.41, 5.74) is 1.48. The zero-order chi connectivity index (χ0) is 22.4. The molecular formula is C25H18O7. The van der Waals surface area contributed by atoms with Gasteiger partial charge < -0.3 is 24.1 Å². The molecule has 4 aromatic rings.